The molecule has 0 bridgehead atoms. The molecule has 3 N–H and O–H groups in total. The minimum atomic E-state index is -0.369. The predicted molar refractivity (Wildman–Crippen MR) is 50.9 cm³/mol. The first-order chi connectivity index (χ1) is 5.62. The Morgan fingerprint density at radius 1 is 1.33 bits per heavy atom. The smallest absolute Gasteiger partial charge is 0.0648 e. The highest BCUT2D eigenvalue weighted by Crippen LogP contribution is 2.31. The number of hydrogen-bond donors (Lipinski definition) is 2. The molecule has 12 heavy (non-hydrogen) atoms. The van der Waals surface area contributed by atoms with Crippen LogP contribution in [0.5, 0.6) is 0 Å². The summed E-state index contributed by atoms with van der Waals surface area (Å²) in [7, 11) is 0. The van der Waals surface area contributed by atoms with Crippen LogP contribution < -0.4 is 5.73 Å². The summed E-state index contributed by atoms with van der Waals surface area (Å²) in [5.74, 6) is 0. The van der Waals surface area contributed by atoms with Gasteiger partial charge in [-0.25, -0.2) is 0 Å². The zero-order valence-electron chi connectivity index (χ0n) is 8.05. The average molecular weight is 171 g/mol. The van der Waals surface area contributed by atoms with Crippen LogP contribution in [-0.2, 0) is 0 Å². The van der Waals surface area contributed by atoms with Gasteiger partial charge in [-0.1, -0.05) is 19.3 Å². The van der Waals surface area contributed by atoms with E-state index in [0.29, 0.717) is 0 Å². The van der Waals surface area contributed by atoms with Crippen molar-refractivity contribution in [2.45, 2.75) is 63.5 Å². The van der Waals surface area contributed by atoms with Gasteiger partial charge in [0.1, 0.15) is 0 Å². The van der Waals surface area contributed by atoms with Crippen molar-refractivity contribution < 1.29 is 5.11 Å². The summed E-state index contributed by atoms with van der Waals surface area (Å²) < 4.78 is 0. The first kappa shape index (κ1) is 10.0. The van der Waals surface area contributed by atoms with Gasteiger partial charge in [-0.15, -0.1) is 0 Å². The van der Waals surface area contributed by atoms with E-state index in [0.717, 1.165) is 25.7 Å². The van der Waals surface area contributed by atoms with Crippen LogP contribution in [0.15, 0.2) is 0 Å². The Kier molecular flexibility index (Phi) is 3.53. The monoisotopic (exact) mass is 171 g/mol. The van der Waals surface area contributed by atoms with Crippen LogP contribution in [-0.4, -0.2) is 16.7 Å². The zero-order valence-corrected chi connectivity index (χ0v) is 8.05. The fourth-order valence-electron chi connectivity index (χ4n) is 1.96. The minimum absolute atomic E-state index is 0.232. The molecule has 0 aromatic heterocycles. The maximum absolute atomic E-state index is 10.1. The quantitative estimate of drug-likeness (QED) is 0.680. The Balaban J connectivity index is 2.26. The Labute approximate surface area is 75.2 Å². The molecule has 72 valence electrons. The molecular formula is C10H21NO. The topological polar surface area (TPSA) is 46.2 Å². The molecule has 1 atom stereocenters. The van der Waals surface area contributed by atoms with Gasteiger partial charge in [-0.2, -0.15) is 0 Å². The van der Waals surface area contributed by atoms with Crippen LogP contribution in [0.1, 0.15) is 51.9 Å². The molecule has 0 aliphatic heterocycles. The SMILES string of the molecule is CC(N)CCC1(O)CCCCC1. The third-order valence-electron chi connectivity index (χ3n) is 2.85. The second-order valence-electron chi connectivity index (χ2n) is 4.30. The molecule has 0 heterocycles. The minimum Gasteiger partial charge on any atom is -0.390 e. The lowest BCUT2D eigenvalue weighted by Gasteiger charge is -2.32. The van der Waals surface area contributed by atoms with E-state index in [2.05, 4.69) is 0 Å². The third kappa shape index (κ3) is 3.11. The van der Waals surface area contributed by atoms with Gasteiger partial charge in [-0.05, 0) is 32.6 Å². The first-order valence-corrected chi connectivity index (χ1v) is 5.10. The molecule has 1 saturated carbocycles. The van der Waals surface area contributed by atoms with E-state index in [4.69, 9.17) is 5.73 Å². The summed E-state index contributed by atoms with van der Waals surface area (Å²) in [4.78, 5) is 0. The van der Waals surface area contributed by atoms with E-state index >= 15 is 0 Å². The van der Waals surface area contributed by atoms with Crippen molar-refractivity contribution >= 4 is 0 Å². The molecule has 0 saturated heterocycles. The van der Waals surface area contributed by atoms with E-state index in [1.54, 1.807) is 0 Å². The summed E-state index contributed by atoms with van der Waals surface area (Å²) in [5, 5.41) is 10.1. The lowest BCUT2D eigenvalue weighted by molar-refractivity contribution is -0.00643. The Morgan fingerprint density at radius 3 is 2.42 bits per heavy atom. The zero-order chi connectivity index (χ0) is 9.03. The van der Waals surface area contributed by atoms with E-state index in [1.807, 2.05) is 6.92 Å². The molecule has 0 spiro atoms. The number of hydrogen-bond acceptors (Lipinski definition) is 2. The van der Waals surface area contributed by atoms with Crippen molar-refractivity contribution in [3.8, 4) is 0 Å². The van der Waals surface area contributed by atoms with Crippen LogP contribution in [0.3, 0.4) is 0 Å². The van der Waals surface area contributed by atoms with Gasteiger partial charge in [0.2, 0.25) is 0 Å². The fourth-order valence-corrected chi connectivity index (χ4v) is 1.96. The van der Waals surface area contributed by atoms with Crippen molar-refractivity contribution in [1.82, 2.24) is 0 Å². The molecule has 1 rings (SSSR count). The van der Waals surface area contributed by atoms with Crippen molar-refractivity contribution in [3.05, 3.63) is 0 Å². The van der Waals surface area contributed by atoms with Gasteiger partial charge in [0.15, 0.2) is 0 Å². The summed E-state index contributed by atoms with van der Waals surface area (Å²) in [5.41, 5.74) is 5.29. The molecule has 2 nitrogen and oxygen atoms in total. The maximum Gasteiger partial charge on any atom is 0.0648 e. The molecule has 1 aliphatic rings. The summed E-state index contributed by atoms with van der Waals surface area (Å²) in [6, 6.07) is 0.232. The largest absolute Gasteiger partial charge is 0.390 e. The molecule has 1 fully saturated rings. The highest BCUT2D eigenvalue weighted by atomic mass is 16.3. The summed E-state index contributed by atoms with van der Waals surface area (Å²) >= 11 is 0. The number of nitrogens with two attached hydrogens (primary N) is 1. The Morgan fingerprint density at radius 2 is 1.92 bits per heavy atom. The van der Waals surface area contributed by atoms with Crippen molar-refractivity contribution in [1.29, 1.82) is 0 Å². The van der Waals surface area contributed by atoms with Gasteiger partial charge in [-0.3, -0.25) is 0 Å². The van der Waals surface area contributed by atoms with Gasteiger partial charge >= 0.3 is 0 Å². The average Bonchev–Trinajstić information content (AvgIpc) is 2.03. The van der Waals surface area contributed by atoms with Crippen LogP contribution >= 0.6 is 0 Å². The van der Waals surface area contributed by atoms with Gasteiger partial charge in [0.25, 0.3) is 0 Å². The van der Waals surface area contributed by atoms with E-state index < -0.39 is 0 Å². The summed E-state index contributed by atoms with van der Waals surface area (Å²) in [6.07, 6.45) is 7.49. The molecule has 0 aromatic carbocycles. The van der Waals surface area contributed by atoms with Crippen molar-refractivity contribution in [2.24, 2.45) is 5.73 Å². The maximum atomic E-state index is 10.1. The highest BCUT2D eigenvalue weighted by molar-refractivity contribution is 4.82. The van der Waals surface area contributed by atoms with Gasteiger partial charge in [0, 0.05) is 6.04 Å². The van der Waals surface area contributed by atoms with Crippen LogP contribution in [0.2, 0.25) is 0 Å². The van der Waals surface area contributed by atoms with Crippen LogP contribution in [0.4, 0.5) is 0 Å². The summed E-state index contributed by atoms with van der Waals surface area (Å²) in [6.45, 7) is 2.01. The first-order valence-electron chi connectivity index (χ1n) is 5.10. The predicted octanol–water partition coefficient (Wildman–Crippen LogP) is 1.81. The van der Waals surface area contributed by atoms with Crippen LogP contribution in [0, 0.1) is 0 Å². The van der Waals surface area contributed by atoms with E-state index in [1.165, 1.54) is 19.3 Å². The number of aliphatic hydroxyl groups is 1. The van der Waals surface area contributed by atoms with E-state index in [9.17, 15) is 5.11 Å². The Bertz CT molecular complexity index is 128. The molecule has 2 heteroatoms. The lowest BCUT2D eigenvalue weighted by atomic mass is 9.81. The van der Waals surface area contributed by atoms with E-state index in [-0.39, 0.29) is 11.6 Å². The highest BCUT2D eigenvalue weighted by Gasteiger charge is 2.28. The lowest BCUT2D eigenvalue weighted by Crippen LogP contribution is -2.33. The third-order valence-corrected chi connectivity index (χ3v) is 2.85. The second kappa shape index (κ2) is 4.24. The molecule has 0 amide bonds. The van der Waals surface area contributed by atoms with Crippen molar-refractivity contribution in [3.63, 3.8) is 0 Å². The molecule has 0 aromatic rings. The number of rotatable bonds is 3. The molecular weight excluding hydrogens is 150 g/mol. The van der Waals surface area contributed by atoms with Crippen LogP contribution in [0.25, 0.3) is 0 Å². The fraction of sp³-hybridized carbons (Fsp3) is 1.00. The Hall–Kier alpha value is -0.0800. The normalized spacial score (nSPS) is 25.2. The molecule has 1 aliphatic carbocycles. The van der Waals surface area contributed by atoms with Crippen molar-refractivity contribution in [2.75, 3.05) is 0 Å². The standard InChI is InChI=1S/C10H21NO/c1-9(11)5-8-10(12)6-3-2-4-7-10/h9,12H,2-8,11H2,1H3. The molecule has 0 radical (unpaired) electrons. The van der Waals surface area contributed by atoms with Gasteiger partial charge < -0.3 is 10.8 Å². The van der Waals surface area contributed by atoms with Gasteiger partial charge in [0.05, 0.1) is 5.60 Å². The second-order valence-corrected chi connectivity index (χ2v) is 4.30. The molecule has 1 unspecified atom stereocenters.